The third-order valence-corrected chi connectivity index (χ3v) is 2.54. The molecule has 0 atom stereocenters. The minimum absolute atomic E-state index is 0.100. The predicted molar refractivity (Wildman–Crippen MR) is 65.9 cm³/mol. The van der Waals surface area contributed by atoms with Crippen molar-refractivity contribution in [3.63, 3.8) is 0 Å². The zero-order valence-electron chi connectivity index (χ0n) is 10.9. The number of amides is 1. The highest BCUT2D eigenvalue weighted by molar-refractivity contribution is 5.78. The molecule has 0 aliphatic rings. The Kier molecular flexibility index (Phi) is 6.05. The second-order valence-electron chi connectivity index (χ2n) is 4.04. The molecule has 7 heteroatoms. The third kappa shape index (κ3) is 4.93. The maximum atomic E-state index is 13.1. The Labute approximate surface area is 114 Å². The van der Waals surface area contributed by atoms with E-state index < -0.39 is 30.1 Å². The molecular formula is C13H15F2NO4. The molecule has 0 saturated heterocycles. The van der Waals surface area contributed by atoms with E-state index in [1.807, 2.05) is 0 Å². The van der Waals surface area contributed by atoms with Crippen LogP contribution in [0.15, 0.2) is 18.2 Å². The maximum absolute atomic E-state index is 13.1. The van der Waals surface area contributed by atoms with Gasteiger partial charge in [0.15, 0.2) is 11.6 Å². The van der Waals surface area contributed by atoms with Gasteiger partial charge in [-0.05, 0) is 24.6 Å². The van der Waals surface area contributed by atoms with Crippen LogP contribution in [-0.4, -0.2) is 41.6 Å². The maximum Gasteiger partial charge on any atom is 0.329 e. The first-order valence-electron chi connectivity index (χ1n) is 5.95. The Balaban J connectivity index is 2.59. The monoisotopic (exact) mass is 287 g/mol. The van der Waals surface area contributed by atoms with Gasteiger partial charge in [-0.2, -0.15) is 0 Å². The largest absolute Gasteiger partial charge is 0.480 e. The fourth-order valence-corrected chi connectivity index (χ4v) is 1.55. The molecule has 0 aliphatic carbocycles. The number of aliphatic carboxylic acids is 1. The van der Waals surface area contributed by atoms with Crippen molar-refractivity contribution in [2.24, 2.45) is 0 Å². The second-order valence-corrected chi connectivity index (χ2v) is 4.04. The van der Waals surface area contributed by atoms with Gasteiger partial charge in [0.1, 0.15) is 13.2 Å². The minimum Gasteiger partial charge on any atom is -0.480 e. The summed E-state index contributed by atoms with van der Waals surface area (Å²) in [4.78, 5) is 23.4. The number of carboxylic acid groups (broad SMARTS) is 1. The van der Waals surface area contributed by atoms with Crippen molar-refractivity contribution < 1.29 is 28.2 Å². The molecule has 0 bridgehead atoms. The van der Waals surface area contributed by atoms with E-state index in [0.29, 0.717) is 12.1 Å². The van der Waals surface area contributed by atoms with E-state index in [-0.39, 0.29) is 13.2 Å². The van der Waals surface area contributed by atoms with Gasteiger partial charge in [-0.1, -0.05) is 6.07 Å². The first-order valence-corrected chi connectivity index (χ1v) is 5.95. The molecule has 1 aromatic rings. The summed E-state index contributed by atoms with van der Waals surface area (Å²) in [6.07, 6.45) is 0. The first-order chi connectivity index (χ1) is 9.43. The lowest BCUT2D eigenvalue weighted by Gasteiger charge is -2.20. The Hall–Kier alpha value is -2.02. The highest BCUT2D eigenvalue weighted by atomic mass is 19.2. The summed E-state index contributed by atoms with van der Waals surface area (Å²) in [5.74, 6) is -3.51. The molecule has 0 spiro atoms. The van der Waals surface area contributed by atoms with Gasteiger partial charge in [-0.25, -0.2) is 13.6 Å². The summed E-state index contributed by atoms with van der Waals surface area (Å²) in [6, 6.07) is 3.39. The molecule has 0 aromatic heterocycles. The van der Waals surface area contributed by atoms with Crippen LogP contribution in [0.5, 0.6) is 0 Å². The standard InChI is InChI=1S/C13H15F2NO4/c1-2-16(12(17)7-20-8-13(18)19)6-9-3-4-10(14)11(15)5-9/h3-5H,2,6-8H2,1H3,(H,18,19). The lowest BCUT2D eigenvalue weighted by molar-refractivity contribution is -0.146. The third-order valence-electron chi connectivity index (χ3n) is 2.54. The zero-order valence-corrected chi connectivity index (χ0v) is 10.9. The number of likely N-dealkylation sites (N-methyl/N-ethyl adjacent to an activating group) is 1. The van der Waals surface area contributed by atoms with Gasteiger partial charge in [0.25, 0.3) is 0 Å². The van der Waals surface area contributed by atoms with Crippen LogP contribution in [0.25, 0.3) is 0 Å². The van der Waals surface area contributed by atoms with Gasteiger partial charge in [0.2, 0.25) is 5.91 Å². The Bertz CT molecular complexity index is 493. The van der Waals surface area contributed by atoms with E-state index >= 15 is 0 Å². The van der Waals surface area contributed by atoms with Crippen molar-refractivity contribution >= 4 is 11.9 Å². The Morgan fingerprint density at radius 2 is 1.95 bits per heavy atom. The van der Waals surface area contributed by atoms with Crippen LogP contribution in [0.2, 0.25) is 0 Å². The summed E-state index contributed by atoms with van der Waals surface area (Å²) < 4.78 is 30.5. The van der Waals surface area contributed by atoms with Crippen molar-refractivity contribution in [2.75, 3.05) is 19.8 Å². The van der Waals surface area contributed by atoms with Crippen molar-refractivity contribution in [3.8, 4) is 0 Å². The van der Waals surface area contributed by atoms with Crippen LogP contribution in [0.1, 0.15) is 12.5 Å². The highest BCUT2D eigenvalue weighted by Gasteiger charge is 2.14. The molecule has 0 fully saturated rings. The highest BCUT2D eigenvalue weighted by Crippen LogP contribution is 2.11. The van der Waals surface area contributed by atoms with Crippen LogP contribution in [0.3, 0.4) is 0 Å². The topological polar surface area (TPSA) is 66.8 Å². The quantitative estimate of drug-likeness (QED) is 0.823. The van der Waals surface area contributed by atoms with Crippen molar-refractivity contribution in [2.45, 2.75) is 13.5 Å². The number of nitrogens with zero attached hydrogens (tertiary/aromatic N) is 1. The summed E-state index contributed by atoms with van der Waals surface area (Å²) in [7, 11) is 0. The molecule has 0 radical (unpaired) electrons. The second kappa shape index (κ2) is 7.54. The molecule has 1 aromatic carbocycles. The molecule has 0 aliphatic heterocycles. The molecule has 5 nitrogen and oxygen atoms in total. The van der Waals surface area contributed by atoms with Gasteiger partial charge in [-0.3, -0.25) is 4.79 Å². The van der Waals surface area contributed by atoms with Crippen LogP contribution in [0, 0.1) is 11.6 Å². The number of rotatable bonds is 7. The average Bonchev–Trinajstić information content (AvgIpc) is 2.39. The van der Waals surface area contributed by atoms with Gasteiger partial charge < -0.3 is 14.7 Å². The number of carboxylic acids is 1. The summed E-state index contributed by atoms with van der Waals surface area (Å²) in [6.45, 7) is 1.23. The molecule has 0 unspecified atom stereocenters. The summed E-state index contributed by atoms with van der Waals surface area (Å²) >= 11 is 0. The number of hydrogen-bond donors (Lipinski definition) is 1. The number of carbonyl (C=O) groups is 2. The molecule has 1 amide bonds. The molecule has 1 rings (SSSR count). The van der Waals surface area contributed by atoms with Gasteiger partial charge in [0.05, 0.1) is 0 Å². The lowest BCUT2D eigenvalue weighted by Crippen LogP contribution is -2.34. The van der Waals surface area contributed by atoms with Crippen molar-refractivity contribution in [1.82, 2.24) is 4.90 Å². The predicted octanol–water partition coefficient (Wildman–Crippen LogP) is 1.41. The fraction of sp³-hybridized carbons (Fsp3) is 0.385. The summed E-state index contributed by atoms with van der Waals surface area (Å²) in [5.41, 5.74) is 0.442. The number of ether oxygens (including phenoxy) is 1. The minimum atomic E-state index is -1.17. The Morgan fingerprint density at radius 3 is 2.50 bits per heavy atom. The van der Waals surface area contributed by atoms with Crippen molar-refractivity contribution in [1.29, 1.82) is 0 Å². The molecule has 20 heavy (non-hydrogen) atoms. The normalized spacial score (nSPS) is 10.3. The van der Waals surface area contributed by atoms with Gasteiger partial charge >= 0.3 is 5.97 Å². The van der Waals surface area contributed by atoms with E-state index in [4.69, 9.17) is 9.84 Å². The fourth-order valence-electron chi connectivity index (χ4n) is 1.55. The van der Waals surface area contributed by atoms with E-state index in [2.05, 4.69) is 0 Å². The number of hydrogen-bond acceptors (Lipinski definition) is 3. The van der Waals surface area contributed by atoms with Gasteiger partial charge in [0, 0.05) is 13.1 Å². The van der Waals surface area contributed by atoms with E-state index in [9.17, 15) is 18.4 Å². The van der Waals surface area contributed by atoms with Gasteiger partial charge in [-0.15, -0.1) is 0 Å². The first kappa shape index (κ1) is 16.0. The number of halogens is 2. The lowest BCUT2D eigenvalue weighted by atomic mass is 10.2. The van der Waals surface area contributed by atoms with Crippen LogP contribution < -0.4 is 0 Å². The SMILES string of the molecule is CCN(Cc1ccc(F)c(F)c1)C(=O)COCC(=O)O. The summed E-state index contributed by atoms with van der Waals surface area (Å²) in [5, 5.41) is 8.39. The smallest absolute Gasteiger partial charge is 0.329 e. The molecule has 110 valence electrons. The number of benzene rings is 1. The molecule has 0 heterocycles. The van der Waals surface area contributed by atoms with Crippen LogP contribution in [-0.2, 0) is 20.9 Å². The van der Waals surface area contributed by atoms with E-state index in [1.54, 1.807) is 6.92 Å². The zero-order chi connectivity index (χ0) is 15.1. The Morgan fingerprint density at radius 1 is 1.25 bits per heavy atom. The molecular weight excluding hydrogens is 272 g/mol. The van der Waals surface area contributed by atoms with Crippen LogP contribution in [0.4, 0.5) is 8.78 Å². The van der Waals surface area contributed by atoms with E-state index in [0.717, 1.165) is 12.1 Å². The molecule has 0 saturated carbocycles. The molecule has 1 N–H and O–H groups in total. The average molecular weight is 287 g/mol. The van der Waals surface area contributed by atoms with E-state index in [1.165, 1.54) is 11.0 Å². The van der Waals surface area contributed by atoms with Crippen molar-refractivity contribution in [3.05, 3.63) is 35.4 Å². The number of carbonyl (C=O) groups excluding carboxylic acids is 1. The van der Waals surface area contributed by atoms with Crippen LogP contribution >= 0.6 is 0 Å².